The van der Waals surface area contributed by atoms with Crippen LogP contribution in [0.25, 0.3) is 21.9 Å². The number of rotatable bonds is 12. The van der Waals surface area contributed by atoms with Gasteiger partial charge in [-0.05, 0) is 30.9 Å². The summed E-state index contributed by atoms with van der Waals surface area (Å²) in [7, 11) is -2.75. The molecule has 0 amide bonds. The van der Waals surface area contributed by atoms with Crippen LogP contribution in [-0.2, 0) is 30.0 Å². The first-order valence-electron chi connectivity index (χ1n) is 15.2. The van der Waals surface area contributed by atoms with E-state index in [1.165, 1.54) is 18.4 Å². The van der Waals surface area contributed by atoms with Gasteiger partial charge in [-0.3, -0.25) is 13.9 Å². The van der Waals surface area contributed by atoms with E-state index in [1.807, 2.05) is 77.2 Å². The minimum Gasteiger partial charge on any atom is -0.460 e. The number of carbonyl (C=O) groups excluding carboxylic acids is 1. The van der Waals surface area contributed by atoms with Crippen LogP contribution in [0.15, 0.2) is 72.8 Å². The summed E-state index contributed by atoms with van der Waals surface area (Å²) in [6.07, 6.45) is -3.97. The number of carbonyl (C=O) groups is 1. The van der Waals surface area contributed by atoms with E-state index >= 15 is 0 Å². The number of imidazole rings is 1. The topological polar surface area (TPSA) is 205 Å². The molecule has 0 bridgehead atoms. The van der Waals surface area contributed by atoms with Gasteiger partial charge in [0.15, 0.2) is 27.0 Å². The van der Waals surface area contributed by atoms with Crippen molar-refractivity contribution in [3.05, 3.63) is 82.2 Å². The fourth-order valence-electron chi connectivity index (χ4n) is 5.51. The Morgan fingerprint density at radius 1 is 1.12 bits per heavy atom. The smallest absolute Gasteiger partial charge is 0.459 e. The van der Waals surface area contributed by atoms with Gasteiger partial charge < -0.3 is 35.3 Å². The van der Waals surface area contributed by atoms with Crippen LogP contribution in [0.5, 0.6) is 5.75 Å². The highest BCUT2D eigenvalue weighted by molar-refractivity contribution is 14.1. The molecule has 0 saturated carbocycles. The first-order valence-corrected chi connectivity index (χ1v) is 17.9. The predicted octanol–water partition coefficient (Wildman–Crippen LogP) is 4.14. The van der Waals surface area contributed by atoms with Gasteiger partial charge in [0.25, 0.3) is 0 Å². The molecular weight excluding hydrogens is 768 g/mol. The Kier molecular flexibility index (Phi) is 10.1. The number of ether oxygens (including phenoxy) is 2. The van der Waals surface area contributed by atoms with Gasteiger partial charge in [0, 0.05) is 35.0 Å². The van der Waals surface area contributed by atoms with E-state index in [1.54, 1.807) is 25.2 Å². The molecule has 49 heavy (non-hydrogen) atoms. The molecule has 17 heteroatoms. The largest absolute Gasteiger partial charge is 0.460 e. The van der Waals surface area contributed by atoms with Gasteiger partial charge in [-0.25, -0.2) is 9.55 Å². The molecule has 1 aliphatic heterocycles. The van der Waals surface area contributed by atoms with E-state index < -0.39 is 50.4 Å². The number of aliphatic hydroxyl groups is 2. The minimum atomic E-state index is -4.41. The number of nitrogen functional groups attached to an aromatic ring is 1. The Hall–Kier alpha value is -3.90. The molecule has 6 N–H and O–H groups in total. The van der Waals surface area contributed by atoms with Crippen LogP contribution >= 0.6 is 30.3 Å². The number of halogens is 1. The number of nitrogens with one attached hydrogen (secondary N) is 2. The first-order chi connectivity index (χ1) is 23.4. The van der Waals surface area contributed by atoms with Crippen molar-refractivity contribution in [1.29, 1.82) is 0 Å². The second kappa shape index (κ2) is 14.1. The van der Waals surface area contributed by atoms with E-state index in [4.69, 9.17) is 24.3 Å². The SMILES string of the molecule is CNc1nc(N)nc2c1nc(I)n2[C@@H]1O[C@H](COP(=O)(N[C@@H](C)C(=O)OCc2ccccc2)Oc2cccc3ccccc23)C(O)[C@@]1(C)O. The van der Waals surface area contributed by atoms with Crippen molar-refractivity contribution >= 4 is 70.0 Å². The first kappa shape index (κ1) is 34.9. The van der Waals surface area contributed by atoms with Crippen LogP contribution in [0.4, 0.5) is 11.8 Å². The van der Waals surface area contributed by atoms with Crippen LogP contribution in [0, 0.1) is 3.83 Å². The number of nitrogens with zero attached hydrogens (tertiary/aromatic N) is 4. The molecular formula is C32H35IN7O8P. The van der Waals surface area contributed by atoms with Crippen LogP contribution in [0.2, 0.25) is 0 Å². The molecule has 3 heterocycles. The lowest BCUT2D eigenvalue weighted by atomic mass is 9.96. The molecule has 3 aromatic carbocycles. The van der Waals surface area contributed by atoms with Crippen molar-refractivity contribution in [2.24, 2.45) is 0 Å². The minimum absolute atomic E-state index is 0.00766. The molecule has 0 radical (unpaired) electrons. The molecule has 1 aliphatic rings. The van der Waals surface area contributed by atoms with E-state index in [-0.39, 0.29) is 24.0 Å². The number of hydrogen-bond acceptors (Lipinski definition) is 13. The van der Waals surface area contributed by atoms with Crippen molar-refractivity contribution < 1.29 is 38.1 Å². The Morgan fingerprint density at radius 3 is 2.59 bits per heavy atom. The third-order valence-corrected chi connectivity index (χ3v) is 10.4. The highest BCUT2D eigenvalue weighted by Crippen LogP contribution is 2.49. The Labute approximate surface area is 294 Å². The lowest BCUT2D eigenvalue weighted by Crippen LogP contribution is -2.45. The number of aliphatic hydroxyl groups excluding tert-OH is 1. The number of nitrogens with two attached hydrogens (primary N) is 1. The third kappa shape index (κ3) is 7.21. The van der Waals surface area contributed by atoms with Gasteiger partial charge in [-0.15, -0.1) is 0 Å². The van der Waals surface area contributed by atoms with Crippen molar-refractivity contribution in [1.82, 2.24) is 24.6 Å². The van der Waals surface area contributed by atoms with E-state index in [0.29, 0.717) is 20.6 Å². The average Bonchev–Trinajstić information content (AvgIpc) is 3.52. The number of esters is 1. The molecule has 5 aromatic rings. The van der Waals surface area contributed by atoms with Crippen LogP contribution in [0.1, 0.15) is 25.6 Å². The zero-order chi connectivity index (χ0) is 34.9. The maximum absolute atomic E-state index is 14.5. The molecule has 6 rings (SSSR count). The maximum atomic E-state index is 14.5. The molecule has 1 fully saturated rings. The summed E-state index contributed by atoms with van der Waals surface area (Å²) in [5, 5.41) is 29.9. The van der Waals surface area contributed by atoms with Crippen LogP contribution in [-0.4, -0.2) is 73.2 Å². The number of anilines is 2. The molecule has 6 atom stereocenters. The molecule has 0 aliphatic carbocycles. The van der Waals surface area contributed by atoms with Gasteiger partial charge in [0.2, 0.25) is 5.95 Å². The summed E-state index contributed by atoms with van der Waals surface area (Å²) in [5.74, 6) is -0.139. The molecule has 2 unspecified atom stereocenters. The summed E-state index contributed by atoms with van der Waals surface area (Å²) in [6, 6.07) is 20.5. The summed E-state index contributed by atoms with van der Waals surface area (Å²) in [5.41, 5.74) is 5.45. The summed E-state index contributed by atoms with van der Waals surface area (Å²) < 4.78 is 39.9. The van der Waals surface area contributed by atoms with Gasteiger partial charge >= 0.3 is 13.7 Å². The van der Waals surface area contributed by atoms with E-state index in [2.05, 4.69) is 25.4 Å². The average molecular weight is 804 g/mol. The summed E-state index contributed by atoms with van der Waals surface area (Å²) in [4.78, 5) is 26.0. The molecule has 0 spiro atoms. The second-order valence-electron chi connectivity index (χ2n) is 11.6. The normalized spacial score (nSPS) is 22.5. The zero-order valence-corrected chi connectivity index (χ0v) is 29.7. The van der Waals surface area contributed by atoms with Crippen molar-refractivity contribution in [3.8, 4) is 5.75 Å². The number of fused-ring (bicyclic) bond motifs is 2. The van der Waals surface area contributed by atoms with Crippen molar-refractivity contribution in [2.75, 3.05) is 24.7 Å². The lowest BCUT2D eigenvalue weighted by molar-refractivity contribution is -0.146. The predicted molar refractivity (Wildman–Crippen MR) is 190 cm³/mol. The summed E-state index contributed by atoms with van der Waals surface area (Å²) in [6.45, 7) is 2.35. The molecule has 15 nitrogen and oxygen atoms in total. The van der Waals surface area contributed by atoms with E-state index in [9.17, 15) is 19.6 Å². The van der Waals surface area contributed by atoms with Crippen molar-refractivity contribution in [3.63, 3.8) is 0 Å². The highest BCUT2D eigenvalue weighted by atomic mass is 127. The van der Waals surface area contributed by atoms with Crippen LogP contribution < -0.4 is 20.7 Å². The van der Waals surface area contributed by atoms with Crippen molar-refractivity contribution in [2.45, 2.75) is 50.5 Å². The Balaban J connectivity index is 1.25. The van der Waals surface area contributed by atoms with Gasteiger partial charge in [-0.1, -0.05) is 66.7 Å². The third-order valence-electron chi connectivity index (χ3n) is 8.05. The monoisotopic (exact) mass is 803 g/mol. The quantitative estimate of drug-likeness (QED) is 0.0521. The molecule has 258 valence electrons. The number of hydrogen-bond donors (Lipinski definition) is 5. The lowest BCUT2D eigenvalue weighted by Gasteiger charge is -2.28. The Morgan fingerprint density at radius 2 is 1.84 bits per heavy atom. The highest BCUT2D eigenvalue weighted by Gasteiger charge is 2.55. The molecule has 2 aromatic heterocycles. The Bertz CT molecular complexity index is 2030. The fourth-order valence-corrected chi connectivity index (χ4v) is 7.75. The van der Waals surface area contributed by atoms with E-state index in [0.717, 1.165) is 10.9 Å². The fraction of sp³-hybridized carbons (Fsp3) is 0.312. The van der Waals surface area contributed by atoms with Gasteiger partial charge in [0.1, 0.15) is 36.2 Å². The summed E-state index contributed by atoms with van der Waals surface area (Å²) >= 11 is 1.95. The second-order valence-corrected chi connectivity index (χ2v) is 14.3. The number of aromatic nitrogens is 4. The zero-order valence-electron chi connectivity index (χ0n) is 26.7. The number of benzene rings is 3. The van der Waals surface area contributed by atoms with Crippen LogP contribution in [0.3, 0.4) is 0 Å². The molecule has 1 saturated heterocycles. The van der Waals surface area contributed by atoms with Gasteiger partial charge in [-0.2, -0.15) is 15.1 Å². The van der Waals surface area contributed by atoms with Gasteiger partial charge in [0.05, 0.1) is 6.61 Å². The standard InChI is InChI=1S/C32H35IN7O8P/c1-18(28(42)45-16-19-10-5-4-6-11-19)39-49(44,48-22-15-9-13-20-12-7-8-14-21(20)22)46-17-23-25(41)32(2,43)29(47-23)40-27-24(36-30(40)33)26(35-3)37-31(34)38-27/h4-15,18,23,25,29,41,43H,16-17H2,1-3H3,(H,39,44)(H3,34,35,37,38)/t18-,23+,25?,29+,32+,49?/m0/s1. The maximum Gasteiger partial charge on any atom is 0.459 e.